The van der Waals surface area contributed by atoms with Gasteiger partial charge in [0.25, 0.3) is 0 Å². The van der Waals surface area contributed by atoms with E-state index in [9.17, 15) is 8.94 Å². The van der Waals surface area contributed by atoms with Crippen molar-refractivity contribution in [3.8, 4) is 0 Å². The predicted octanol–water partition coefficient (Wildman–Crippen LogP) is 2.84. The highest BCUT2D eigenvalue weighted by molar-refractivity contribution is 7.90. The maximum Gasteiger partial charge on any atom is 0.136 e. The zero-order valence-electron chi connectivity index (χ0n) is 13.5. The SMILES string of the molecule is CC(C)(C)[S@@+]([O-])N[C@@H]1c2c(F)cccc2CC12CCNCC2. The number of nitrogens with one attached hydrogen (secondary N) is 2. The Balaban J connectivity index is 1.98. The van der Waals surface area contributed by atoms with Crippen molar-refractivity contribution in [2.24, 2.45) is 5.41 Å². The number of rotatable bonds is 2. The summed E-state index contributed by atoms with van der Waals surface area (Å²) in [5.74, 6) is -0.170. The highest BCUT2D eigenvalue weighted by atomic mass is 32.2. The summed E-state index contributed by atoms with van der Waals surface area (Å²) in [5, 5.41) is 3.38. The van der Waals surface area contributed by atoms with Gasteiger partial charge in [0.2, 0.25) is 0 Å². The average Bonchev–Trinajstić information content (AvgIpc) is 2.73. The van der Waals surface area contributed by atoms with Gasteiger partial charge in [-0.3, -0.25) is 0 Å². The molecule has 0 unspecified atom stereocenters. The molecule has 2 atom stereocenters. The van der Waals surface area contributed by atoms with E-state index in [1.807, 2.05) is 26.8 Å². The van der Waals surface area contributed by atoms with Crippen LogP contribution in [0.2, 0.25) is 0 Å². The molecular weight excluding hydrogens is 299 g/mol. The summed E-state index contributed by atoms with van der Waals surface area (Å²) in [6.07, 6.45) is 2.85. The van der Waals surface area contributed by atoms with Crippen molar-refractivity contribution in [1.29, 1.82) is 0 Å². The largest absolute Gasteiger partial charge is 0.598 e. The van der Waals surface area contributed by atoms with Gasteiger partial charge in [0.1, 0.15) is 10.6 Å². The van der Waals surface area contributed by atoms with Gasteiger partial charge in [0, 0.05) is 22.3 Å². The minimum atomic E-state index is -1.21. The zero-order chi connectivity index (χ0) is 16.0. The van der Waals surface area contributed by atoms with Gasteiger partial charge in [0.15, 0.2) is 0 Å². The number of hydrogen-bond acceptors (Lipinski definition) is 3. The van der Waals surface area contributed by atoms with Gasteiger partial charge in [-0.15, -0.1) is 4.72 Å². The third kappa shape index (κ3) is 2.80. The van der Waals surface area contributed by atoms with Crippen LogP contribution in [0.5, 0.6) is 0 Å². The van der Waals surface area contributed by atoms with Gasteiger partial charge in [-0.05, 0) is 64.8 Å². The van der Waals surface area contributed by atoms with Crippen LogP contribution < -0.4 is 10.0 Å². The van der Waals surface area contributed by atoms with E-state index < -0.39 is 11.4 Å². The monoisotopic (exact) mass is 324 g/mol. The number of hydrogen-bond donors (Lipinski definition) is 2. The van der Waals surface area contributed by atoms with Gasteiger partial charge < -0.3 is 9.87 Å². The summed E-state index contributed by atoms with van der Waals surface area (Å²) in [5.41, 5.74) is 1.80. The van der Waals surface area contributed by atoms with Crippen LogP contribution in [0.4, 0.5) is 4.39 Å². The topological polar surface area (TPSA) is 47.1 Å². The highest BCUT2D eigenvalue weighted by Gasteiger charge is 2.50. The van der Waals surface area contributed by atoms with Crippen LogP contribution in [0.25, 0.3) is 0 Å². The number of halogens is 1. The minimum Gasteiger partial charge on any atom is -0.598 e. The summed E-state index contributed by atoms with van der Waals surface area (Å²) < 4.78 is 30.0. The van der Waals surface area contributed by atoms with Crippen molar-refractivity contribution < 1.29 is 8.94 Å². The fraction of sp³-hybridized carbons (Fsp3) is 0.647. The molecule has 0 aromatic heterocycles. The normalized spacial score (nSPS) is 25.2. The summed E-state index contributed by atoms with van der Waals surface area (Å²) in [4.78, 5) is 0. The van der Waals surface area contributed by atoms with Crippen LogP contribution in [-0.4, -0.2) is 22.4 Å². The Morgan fingerprint density at radius 1 is 1.32 bits per heavy atom. The second-order valence-electron chi connectivity index (χ2n) is 7.53. The molecule has 1 aromatic rings. The lowest BCUT2D eigenvalue weighted by atomic mass is 9.73. The zero-order valence-corrected chi connectivity index (χ0v) is 14.4. The van der Waals surface area contributed by atoms with Crippen LogP contribution in [0.3, 0.4) is 0 Å². The molecule has 1 aliphatic heterocycles. The molecule has 2 N–H and O–H groups in total. The van der Waals surface area contributed by atoms with Gasteiger partial charge in [-0.1, -0.05) is 12.1 Å². The minimum absolute atomic E-state index is 0.0172. The molecule has 1 fully saturated rings. The molecule has 22 heavy (non-hydrogen) atoms. The third-order valence-electron chi connectivity index (χ3n) is 4.97. The first-order valence-corrected chi connectivity index (χ1v) is 9.15. The highest BCUT2D eigenvalue weighted by Crippen LogP contribution is 2.52. The van der Waals surface area contributed by atoms with Crippen LogP contribution in [0.15, 0.2) is 18.2 Å². The molecule has 3 nitrogen and oxygen atoms in total. The number of piperidine rings is 1. The van der Waals surface area contributed by atoms with E-state index in [1.165, 1.54) is 6.07 Å². The van der Waals surface area contributed by atoms with Gasteiger partial charge in [-0.2, -0.15) is 0 Å². The Kier molecular flexibility index (Phi) is 4.27. The van der Waals surface area contributed by atoms with Crippen LogP contribution >= 0.6 is 0 Å². The molecular formula is C17H25FN2OS. The molecule has 0 saturated carbocycles. The standard InChI is InChI=1S/C17H25FN2OS/c1-16(2,3)22(21)20-15-14-12(5-4-6-13(14)18)11-17(15)7-9-19-10-8-17/h4-6,15,19-20H,7-11H2,1-3H3/t15-,22-/m1/s1. The molecule has 1 spiro atoms. The lowest BCUT2D eigenvalue weighted by molar-refractivity contribution is 0.162. The van der Waals surface area contributed by atoms with E-state index in [0.717, 1.165) is 43.5 Å². The molecule has 0 radical (unpaired) electrons. The lowest BCUT2D eigenvalue weighted by Crippen LogP contribution is -2.49. The van der Waals surface area contributed by atoms with Gasteiger partial charge in [-0.25, -0.2) is 4.39 Å². The van der Waals surface area contributed by atoms with Crippen molar-refractivity contribution in [3.05, 3.63) is 35.1 Å². The van der Waals surface area contributed by atoms with E-state index >= 15 is 0 Å². The molecule has 0 amide bonds. The van der Waals surface area contributed by atoms with E-state index in [0.29, 0.717) is 0 Å². The summed E-state index contributed by atoms with van der Waals surface area (Å²) in [6, 6.07) is 5.16. The first kappa shape index (κ1) is 16.2. The quantitative estimate of drug-likeness (QED) is 0.823. The summed E-state index contributed by atoms with van der Waals surface area (Å²) in [6.45, 7) is 7.72. The molecule has 122 valence electrons. The average molecular weight is 324 g/mol. The van der Waals surface area contributed by atoms with Crippen molar-refractivity contribution in [3.63, 3.8) is 0 Å². The van der Waals surface area contributed by atoms with E-state index in [-0.39, 0.29) is 22.0 Å². The van der Waals surface area contributed by atoms with Gasteiger partial charge >= 0.3 is 0 Å². The molecule has 1 heterocycles. The third-order valence-corrected chi connectivity index (χ3v) is 6.53. The maximum atomic E-state index is 14.5. The van der Waals surface area contributed by atoms with Crippen molar-refractivity contribution in [2.45, 2.75) is 50.8 Å². The molecule has 1 aromatic carbocycles. The fourth-order valence-corrected chi connectivity index (χ4v) is 4.64. The van der Waals surface area contributed by atoms with Crippen molar-refractivity contribution in [2.75, 3.05) is 13.1 Å². The maximum absolute atomic E-state index is 14.5. The van der Waals surface area contributed by atoms with Crippen LogP contribution in [0, 0.1) is 11.2 Å². The Labute approximate surface area is 135 Å². The van der Waals surface area contributed by atoms with E-state index in [4.69, 9.17) is 0 Å². The van der Waals surface area contributed by atoms with Crippen LogP contribution in [-0.2, 0) is 17.8 Å². The molecule has 1 aliphatic carbocycles. The predicted molar refractivity (Wildman–Crippen MR) is 88.4 cm³/mol. The molecule has 2 aliphatic rings. The van der Waals surface area contributed by atoms with E-state index in [1.54, 1.807) is 6.07 Å². The van der Waals surface area contributed by atoms with Gasteiger partial charge in [0.05, 0.1) is 6.04 Å². The Morgan fingerprint density at radius 3 is 2.64 bits per heavy atom. The fourth-order valence-electron chi connectivity index (χ4n) is 3.70. The Bertz CT molecular complexity index is 552. The second kappa shape index (κ2) is 5.78. The lowest BCUT2D eigenvalue weighted by Gasteiger charge is -2.40. The molecule has 3 rings (SSSR count). The molecule has 1 saturated heterocycles. The molecule has 0 bridgehead atoms. The first-order chi connectivity index (χ1) is 10.3. The first-order valence-electron chi connectivity index (χ1n) is 8.00. The second-order valence-corrected chi connectivity index (χ2v) is 9.53. The molecule has 5 heteroatoms. The Morgan fingerprint density at radius 2 is 2.00 bits per heavy atom. The van der Waals surface area contributed by atoms with Crippen molar-refractivity contribution in [1.82, 2.24) is 10.0 Å². The van der Waals surface area contributed by atoms with Crippen LogP contribution in [0.1, 0.15) is 50.8 Å². The van der Waals surface area contributed by atoms with Crippen molar-refractivity contribution >= 4 is 11.4 Å². The summed E-state index contributed by atoms with van der Waals surface area (Å²) in [7, 11) is 0. The summed E-state index contributed by atoms with van der Waals surface area (Å²) >= 11 is -1.21. The Hall–Kier alpha value is -0.620. The smallest absolute Gasteiger partial charge is 0.136 e. The van der Waals surface area contributed by atoms with E-state index in [2.05, 4.69) is 10.0 Å². The number of benzene rings is 1. The number of fused-ring (bicyclic) bond motifs is 1.